The number of benzene rings is 2. The minimum absolute atomic E-state index is 0.0797. The van der Waals surface area contributed by atoms with Crippen LogP contribution in [-0.4, -0.2) is 66.0 Å². The number of urea groups is 1. The quantitative estimate of drug-likeness (QED) is 0.353. The van der Waals surface area contributed by atoms with Crippen molar-refractivity contribution in [3.63, 3.8) is 0 Å². The van der Waals surface area contributed by atoms with Crippen LogP contribution in [0.25, 0.3) is 0 Å². The SMILES string of the molecule is O=C1NC2=CNC=NC2(C(CN2CCC(C3CCNCC3)CC2C(=O)c2ccc(O)cc2)c2ccccc2)N1. The molecule has 3 fully saturated rings. The first kappa shape index (κ1) is 25.6. The number of fused-ring (bicyclic) bond motifs is 1. The van der Waals surface area contributed by atoms with Crippen molar-refractivity contribution in [3.8, 4) is 5.75 Å². The van der Waals surface area contributed by atoms with Gasteiger partial charge in [-0.05, 0) is 87.0 Å². The zero-order valence-electron chi connectivity index (χ0n) is 22.0. The molecular weight excluding hydrogens is 492 g/mol. The third kappa shape index (κ3) is 5.04. The Hall–Kier alpha value is -3.69. The Labute approximate surface area is 228 Å². The largest absolute Gasteiger partial charge is 0.508 e. The molecule has 0 bridgehead atoms. The van der Waals surface area contributed by atoms with Crippen molar-refractivity contribution >= 4 is 18.2 Å². The molecule has 9 nitrogen and oxygen atoms in total. The highest BCUT2D eigenvalue weighted by molar-refractivity contribution is 6.00. The van der Waals surface area contributed by atoms with E-state index < -0.39 is 5.66 Å². The van der Waals surface area contributed by atoms with Crippen LogP contribution in [0.5, 0.6) is 5.75 Å². The van der Waals surface area contributed by atoms with Crippen molar-refractivity contribution in [3.05, 3.63) is 77.6 Å². The van der Waals surface area contributed by atoms with Gasteiger partial charge in [0, 0.05) is 24.2 Å². The first-order chi connectivity index (χ1) is 19.0. The molecule has 204 valence electrons. The van der Waals surface area contributed by atoms with Crippen molar-refractivity contribution < 1.29 is 14.7 Å². The molecular formula is C30H36N6O3. The summed E-state index contributed by atoms with van der Waals surface area (Å²) in [4.78, 5) is 33.7. The van der Waals surface area contributed by atoms with Crippen molar-refractivity contribution in [1.29, 1.82) is 0 Å². The van der Waals surface area contributed by atoms with Gasteiger partial charge in [0.1, 0.15) is 5.75 Å². The lowest BCUT2D eigenvalue weighted by atomic mass is 9.75. The summed E-state index contributed by atoms with van der Waals surface area (Å²) in [5, 5.41) is 22.3. The summed E-state index contributed by atoms with van der Waals surface area (Å²) in [6, 6.07) is 16.1. The fraction of sp³-hybridized carbons (Fsp3) is 0.433. The molecule has 0 aromatic heterocycles. The molecule has 4 aliphatic heterocycles. The Morgan fingerprint density at radius 2 is 1.82 bits per heavy atom. The lowest BCUT2D eigenvalue weighted by Crippen LogP contribution is -2.56. The number of ketones is 1. The highest BCUT2D eigenvalue weighted by atomic mass is 16.3. The Morgan fingerprint density at radius 3 is 2.59 bits per heavy atom. The van der Waals surface area contributed by atoms with Gasteiger partial charge in [-0.1, -0.05) is 30.3 Å². The molecule has 2 aromatic carbocycles. The van der Waals surface area contributed by atoms with E-state index in [9.17, 15) is 14.7 Å². The molecule has 2 amide bonds. The number of rotatable bonds is 7. The zero-order valence-corrected chi connectivity index (χ0v) is 22.0. The molecule has 0 saturated carbocycles. The molecule has 0 radical (unpaired) electrons. The average molecular weight is 529 g/mol. The summed E-state index contributed by atoms with van der Waals surface area (Å²) in [7, 11) is 0. The number of aromatic hydroxyl groups is 1. The third-order valence-corrected chi connectivity index (χ3v) is 8.92. The van der Waals surface area contributed by atoms with Gasteiger partial charge in [-0.2, -0.15) is 0 Å². The number of hydrogen-bond donors (Lipinski definition) is 5. The van der Waals surface area contributed by atoms with Gasteiger partial charge in [0.25, 0.3) is 0 Å². The number of carbonyl (C=O) groups is 2. The highest BCUT2D eigenvalue weighted by Gasteiger charge is 2.51. The number of amides is 2. The van der Waals surface area contributed by atoms with Gasteiger partial charge in [-0.25, -0.2) is 9.79 Å². The molecule has 2 aromatic rings. The number of phenols is 1. The normalized spacial score (nSPS) is 28.0. The average Bonchev–Trinajstić information content (AvgIpc) is 3.33. The first-order valence-electron chi connectivity index (χ1n) is 14.0. The second-order valence-electron chi connectivity index (χ2n) is 11.1. The Morgan fingerprint density at radius 1 is 1.05 bits per heavy atom. The van der Waals surface area contributed by atoms with Crippen molar-refractivity contribution in [1.82, 2.24) is 26.2 Å². The van der Waals surface area contributed by atoms with E-state index in [2.05, 4.69) is 38.3 Å². The van der Waals surface area contributed by atoms with Gasteiger partial charge in [-0.3, -0.25) is 9.69 Å². The first-order valence-corrected chi connectivity index (χ1v) is 14.0. The fourth-order valence-electron chi connectivity index (χ4n) is 6.85. The number of phenolic OH excluding ortho intramolecular Hbond substituents is 1. The van der Waals surface area contributed by atoms with E-state index in [1.807, 2.05) is 18.2 Å². The number of likely N-dealkylation sites (tertiary alicyclic amines) is 1. The van der Waals surface area contributed by atoms with Crippen LogP contribution in [0.15, 0.2) is 71.5 Å². The summed E-state index contributed by atoms with van der Waals surface area (Å²) in [5.74, 6) is 1.11. The van der Waals surface area contributed by atoms with E-state index in [1.165, 1.54) is 0 Å². The molecule has 4 atom stereocenters. The van der Waals surface area contributed by atoms with Crippen LogP contribution in [-0.2, 0) is 0 Å². The van der Waals surface area contributed by atoms with Gasteiger partial charge < -0.3 is 26.4 Å². The lowest BCUT2D eigenvalue weighted by molar-refractivity contribution is 0.0498. The Kier molecular flexibility index (Phi) is 7.10. The number of piperidine rings is 2. The van der Waals surface area contributed by atoms with E-state index >= 15 is 0 Å². The maximum atomic E-state index is 14.1. The van der Waals surface area contributed by atoms with Crippen LogP contribution in [0.1, 0.15) is 47.5 Å². The summed E-state index contributed by atoms with van der Waals surface area (Å²) in [6.45, 7) is 3.42. The van der Waals surface area contributed by atoms with Crippen LogP contribution < -0.4 is 21.3 Å². The minimum atomic E-state index is -0.984. The van der Waals surface area contributed by atoms with Gasteiger partial charge in [0.05, 0.1) is 18.1 Å². The molecule has 9 heteroatoms. The smallest absolute Gasteiger partial charge is 0.321 e. The highest BCUT2D eigenvalue weighted by Crippen LogP contribution is 2.41. The molecule has 4 unspecified atom stereocenters. The van der Waals surface area contributed by atoms with E-state index in [0.29, 0.717) is 29.6 Å². The van der Waals surface area contributed by atoms with Gasteiger partial charge >= 0.3 is 6.03 Å². The van der Waals surface area contributed by atoms with Crippen molar-refractivity contribution in [2.75, 3.05) is 26.2 Å². The number of nitrogens with one attached hydrogen (secondary N) is 4. The zero-order chi connectivity index (χ0) is 26.8. The molecule has 0 spiro atoms. The maximum Gasteiger partial charge on any atom is 0.321 e. The fourth-order valence-corrected chi connectivity index (χ4v) is 6.85. The van der Waals surface area contributed by atoms with E-state index in [-0.39, 0.29) is 29.5 Å². The standard InChI is InChI=1S/C30H36N6O3/c37-24-8-6-22(7-9-24)28(38)26-16-23(20-10-13-31-14-11-20)12-15-36(26)18-25(21-4-2-1-3-5-21)30-27(17-32-19-33-30)34-29(39)35-30/h1-9,17,19-20,23,25-26,31,37H,10-16,18H2,(H,32,33)(H2,34,35,39). The maximum absolute atomic E-state index is 14.1. The summed E-state index contributed by atoms with van der Waals surface area (Å²) in [6.07, 6.45) is 7.54. The minimum Gasteiger partial charge on any atom is -0.508 e. The van der Waals surface area contributed by atoms with Crippen LogP contribution in [0.4, 0.5) is 4.79 Å². The van der Waals surface area contributed by atoms with Gasteiger partial charge in [0.15, 0.2) is 11.4 Å². The topological polar surface area (TPSA) is 118 Å². The van der Waals surface area contributed by atoms with Crippen LogP contribution in [0.3, 0.4) is 0 Å². The van der Waals surface area contributed by atoms with Crippen molar-refractivity contribution in [2.24, 2.45) is 16.8 Å². The molecule has 4 heterocycles. The van der Waals surface area contributed by atoms with Crippen LogP contribution >= 0.6 is 0 Å². The third-order valence-electron chi connectivity index (χ3n) is 8.92. The molecule has 6 rings (SSSR count). The van der Waals surface area contributed by atoms with E-state index in [1.54, 1.807) is 36.8 Å². The summed E-state index contributed by atoms with van der Waals surface area (Å²) < 4.78 is 0. The molecule has 3 saturated heterocycles. The second-order valence-corrected chi connectivity index (χ2v) is 11.1. The van der Waals surface area contributed by atoms with Gasteiger partial charge in [0.2, 0.25) is 0 Å². The summed E-state index contributed by atoms with van der Waals surface area (Å²) in [5.41, 5.74) is 1.35. The molecule has 0 aliphatic carbocycles. The number of carbonyl (C=O) groups excluding carboxylic acids is 2. The predicted octanol–water partition coefficient (Wildman–Crippen LogP) is 2.92. The summed E-state index contributed by atoms with van der Waals surface area (Å²) >= 11 is 0. The lowest BCUT2D eigenvalue weighted by Gasteiger charge is -2.45. The molecule has 5 N–H and O–H groups in total. The number of nitrogens with zero attached hydrogens (tertiary/aromatic N) is 2. The van der Waals surface area contributed by atoms with Crippen LogP contribution in [0, 0.1) is 11.8 Å². The molecule has 4 aliphatic rings. The monoisotopic (exact) mass is 528 g/mol. The van der Waals surface area contributed by atoms with E-state index in [4.69, 9.17) is 4.99 Å². The van der Waals surface area contributed by atoms with E-state index in [0.717, 1.165) is 50.9 Å². The Bertz CT molecular complexity index is 1260. The van der Waals surface area contributed by atoms with Crippen LogP contribution in [0.2, 0.25) is 0 Å². The number of Topliss-reactive ketones (excluding diaryl/α,β-unsaturated/α-hetero) is 1. The second kappa shape index (κ2) is 10.8. The van der Waals surface area contributed by atoms with Crippen molar-refractivity contribution in [2.45, 2.75) is 43.3 Å². The van der Waals surface area contributed by atoms with Gasteiger partial charge in [-0.15, -0.1) is 0 Å². The number of hydrogen-bond acceptors (Lipinski definition) is 7. The Balaban J connectivity index is 1.34. The predicted molar refractivity (Wildman–Crippen MR) is 149 cm³/mol. The number of aliphatic imine (C=N–C) groups is 1. The molecule has 39 heavy (non-hydrogen) atoms.